The first-order chi connectivity index (χ1) is 9.64. The van der Waals surface area contributed by atoms with Crippen LogP contribution in [0.15, 0.2) is 0 Å². The van der Waals surface area contributed by atoms with Crippen LogP contribution in [0.2, 0.25) is 0 Å². The molecule has 0 aliphatic carbocycles. The van der Waals surface area contributed by atoms with Gasteiger partial charge in [0.05, 0.1) is 26.4 Å². The molecule has 0 aliphatic heterocycles. The van der Waals surface area contributed by atoms with Crippen LogP contribution in [-0.2, 0) is 9.53 Å². The first-order valence-electron chi connectivity index (χ1n) is 7.62. The van der Waals surface area contributed by atoms with Crippen molar-refractivity contribution in [2.24, 2.45) is 5.41 Å². The summed E-state index contributed by atoms with van der Waals surface area (Å²) in [6.45, 7) is 1.32. The van der Waals surface area contributed by atoms with Crippen molar-refractivity contribution >= 4 is 5.97 Å². The predicted molar refractivity (Wildman–Crippen MR) is 77.3 cm³/mol. The van der Waals surface area contributed by atoms with Gasteiger partial charge in [0.15, 0.2) is 0 Å². The minimum Gasteiger partial charge on any atom is -0.466 e. The molecule has 0 spiro atoms. The second-order valence-electron chi connectivity index (χ2n) is 5.46. The summed E-state index contributed by atoms with van der Waals surface area (Å²) >= 11 is 0. The largest absolute Gasteiger partial charge is 0.466 e. The fraction of sp³-hybridized carbons (Fsp3) is 0.933. The quantitative estimate of drug-likeness (QED) is 0.354. The third-order valence-electron chi connectivity index (χ3n) is 3.64. The van der Waals surface area contributed by atoms with Gasteiger partial charge in [-0.3, -0.25) is 4.79 Å². The molecular weight excluding hydrogens is 260 g/mol. The summed E-state index contributed by atoms with van der Waals surface area (Å²) in [5.41, 5.74) is -0.958. The van der Waals surface area contributed by atoms with Crippen molar-refractivity contribution in [1.29, 1.82) is 0 Å². The molecule has 0 amide bonds. The molecule has 0 aromatic rings. The molecule has 0 rings (SSSR count). The lowest BCUT2D eigenvalue weighted by Crippen LogP contribution is -2.35. The lowest BCUT2D eigenvalue weighted by molar-refractivity contribution is -0.145. The molecule has 0 saturated carbocycles. The van der Waals surface area contributed by atoms with Crippen molar-refractivity contribution < 1.29 is 24.9 Å². The summed E-state index contributed by atoms with van der Waals surface area (Å²) in [6, 6.07) is 0. The maximum absolute atomic E-state index is 11.5. The van der Waals surface area contributed by atoms with Gasteiger partial charge in [-0.05, 0) is 12.8 Å². The zero-order valence-corrected chi connectivity index (χ0v) is 12.6. The third kappa shape index (κ3) is 8.51. The Morgan fingerprint density at radius 1 is 0.950 bits per heavy atom. The molecule has 3 N–H and O–H groups in total. The molecule has 0 atom stereocenters. The molecule has 120 valence electrons. The van der Waals surface area contributed by atoms with Gasteiger partial charge in [0.25, 0.3) is 0 Å². The van der Waals surface area contributed by atoms with E-state index < -0.39 is 5.41 Å². The van der Waals surface area contributed by atoms with E-state index in [1.54, 1.807) is 0 Å². The third-order valence-corrected chi connectivity index (χ3v) is 3.64. The Labute approximate surface area is 122 Å². The molecule has 5 nitrogen and oxygen atoms in total. The van der Waals surface area contributed by atoms with Gasteiger partial charge in [0.2, 0.25) is 0 Å². The number of aliphatic hydroxyl groups excluding tert-OH is 3. The monoisotopic (exact) mass is 290 g/mol. The fourth-order valence-electron chi connectivity index (χ4n) is 1.89. The highest BCUT2D eigenvalue weighted by Gasteiger charge is 2.28. The zero-order valence-electron chi connectivity index (χ0n) is 12.6. The number of hydrogen-bond donors (Lipinski definition) is 3. The van der Waals surface area contributed by atoms with Crippen LogP contribution in [0, 0.1) is 5.41 Å². The molecule has 0 saturated heterocycles. The van der Waals surface area contributed by atoms with E-state index in [2.05, 4.69) is 6.92 Å². The highest BCUT2D eigenvalue weighted by Crippen LogP contribution is 2.20. The van der Waals surface area contributed by atoms with Crippen LogP contribution in [0.1, 0.15) is 58.3 Å². The number of aliphatic hydroxyl groups is 3. The molecule has 0 aromatic carbocycles. The Kier molecular flexibility index (Phi) is 11.7. The van der Waals surface area contributed by atoms with Gasteiger partial charge in [-0.15, -0.1) is 0 Å². The topological polar surface area (TPSA) is 87.0 Å². The number of unbranched alkanes of at least 4 members (excludes halogenated alkanes) is 5. The molecule has 0 fully saturated rings. The van der Waals surface area contributed by atoms with E-state index >= 15 is 0 Å². The SMILES string of the molecule is CCCCCCCCC(=O)OCCC(CO)(CO)CO. The molecule has 0 unspecified atom stereocenters. The molecule has 0 aliphatic rings. The highest BCUT2D eigenvalue weighted by molar-refractivity contribution is 5.69. The van der Waals surface area contributed by atoms with Gasteiger partial charge >= 0.3 is 5.97 Å². The highest BCUT2D eigenvalue weighted by atomic mass is 16.5. The van der Waals surface area contributed by atoms with Gasteiger partial charge in [-0.2, -0.15) is 0 Å². The van der Waals surface area contributed by atoms with Crippen LogP contribution >= 0.6 is 0 Å². The number of carbonyl (C=O) groups excluding carboxylic acids is 1. The van der Waals surface area contributed by atoms with Crippen LogP contribution in [-0.4, -0.2) is 47.7 Å². The van der Waals surface area contributed by atoms with Gasteiger partial charge in [0, 0.05) is 11.8 Å². The van der Waals surface area contributed by atoms with Crippen molar-refractivity contribution in [3.05, 3.63) is 0 Å². The van der Waals surface area contributed by atoms with E-state index in [0.717, 1.165) is 19.3 Å². The number of carbonyl (C=O) groups is 1. The summed E-state index contributed by atoms with van der Waals surface area (Å²) in [4.78, 5) is 11.5. The van der Waals surface area contributed by atoms with E-state index in [4.69, 9.17) is 20.1 Å². The fourth-order valence-corrected chi connectivity index (χ4v) is 1.89. The van der Waals surface area contributed by atoms with Gasteiger partial charge in [-0.1, -0.05) is 39.0 Å². The minimum atomic E-state index is -0.958. The Bertz CT molecular complexity index is 230. The first-order valence-corrected chi connectivity index (χ1v) is 7.62. The summed E-state index contributed by atoms with van der Waals surface area (Å²) in [5.74, 6) is -0.247. The van der Waals surface area contributed by atoms with Crippen LogP contribution in [0.3, 0.4) is 0 Å². The number of ether oxygens (including phenoxy) is 1. The van der Waals surface area contributed by atoms with Crippen LogP contribution in [0.4, 0.5) is 0 Å². The van der Waals surface area contributed by atoms with E-state index in [-0.39, 0.29) is 38.8 Å². The molecule has 20 heavy (non-hydrogen) atoms. The maximum Gasteiger partial charge on any atom is 0.305 e. The van der Waals surface area contributed by atoms with Crippen LogP contribution in [0.5, 0.6) is 0 Å². The molecule has 0 heterocycles. The van der Waals surface area contributed by atoms with Crippen molar-refractivity contribution in [2.75, 3.05) is 26.4 Å². The van der Waals surface area contributed by atoms with Crippen molar-refractivity contribution in [3.63, 3.8) is 0 Å². The molecular formula is C15H30O5. The summed E-state index contributed by atoms with van der Waals surface area (Å²) in [6.07, 6.45) is 7.40. The first kappa shape index (κ1) is 19.4. The zero-order chi connectivity index (χ0) is 15.3. The van der Waals surface area contributed by atoms with E-state index in [1.165, 1.54) is 19.3 Å². The van der Waals surface area contributed by atoms with Crippen molar-refractivity contribution in [3.8, 4) is 0 Å². The normalized spacial score (nSPS) is 11.6. The van der Waals surface area contributed by atoms with Crippen molar-refractivity contribution in [1.82, 2.24) is 0 Å². The minimum absolute atomic E-state index is 0.121. The predicted octanol–water partition coefficient (Wildman–Crippen LogP) is 1.63. The van der Waals surface area contributed by atoms with E-state index in [0.29, 0.717) is 6.42 Å². The molecule has 0 bridgehead atoms. The van der Waals surface area contributed by atoms with Crippen molar-refractivity contribution in [2.45, 2.75) is 58.3 Å². The Balaban J connectivity index is 3.62. The molecule has 0 radical (unpaired) electrons. The Morgan fingerprint density at radius 2 is 1.50 bits per heavy atom. The number of hydrogen-bond acceptors (Lipinski definition) is 5. The maximum atomic E-state index is 11.5. The van der Waals surface area contributed by atoms with Gasteiger partial charge in [-0.25, -0.2) is 0 Å². The van der Waals surface area contributed by atoms with E-state index in [9.17, 15) is 4.79 Å². The summed E-state index contributed by atoms with van der Waals surface area (Å²) in [5, 5.41) is 27.4. The lowest BCUT2D eigenvalue weighted by Gasteiger charge is -2.26. The number of esters is 1. The molecule has 0 aromatic heterocycles. The second kappa shape index (κ2) is 12.1. The Morgan fingerprint density at radius 3 is 2.05 bits per heavy atom. The van der Waals surface area contributed by atoms with E-state index in [1.807, 2.05) is 0 Å². The van der Waals surface area contributed by atoms with Crippen LogP contribution in [0.25, 0.3) is 0 Å². The standard InChI is InChI=1S/C15H30O5/c1-2-3-4-5-6-7-8-14(19)20-10-9-15(11-16,12-17)13-18/h16-18H,2-13H2,1H3. The number of rotatable bonds is 13. The average molecular weight is 290 g/mol. The van der Waals surface area contributed by atoms with Gasteiger partial charge < -0.3 is 20.1 Å². The molecule has 5 heteroatoms. The lowest BCUT2D eigenvalue weighted by atomic mass is 9.88. The van der Waals surface area contributed by atoms with Crippen LogP contribution < -0.4 is 0 Å². The average Bonchev–Trinajstić information content (AvgIpc) is 2.48. The smallest absolute Gasteiger partial charge is 0.305 e. The second-order valence-corrected chi connectivity index (χ2v) is 5.46. The summed E-state index contributed by atoms with van der Waals surface area (Å²) in [7, 11) is 0. The summed E-state index contributed by atoms with van der Waals surface area (Å²) < 4.78 is 5.06. The Hall–Kier alpha value is -0.650. The van der Waals surface area contributed by atoms with Gasteiger partial charge in [0.1, 0.15) is 0 Å².